The van der Waals surface area contributed by atoms with Gasteiger partial charge < -0.3 is 4.74 Å². The molecule has 35 heavy (non-hydrogen) atoms. The third kappa shape index (κ3) is 7.40. The van der Waals surface area contributed by atoms with Crippen LogP contribution in [0.4, 0.5) is 0 Å². The van der Waals surface area contributed by atoms with Crippen molar-refractivity contribution >= 4 is 22.5 Å². The van der Waals surface area contributed by atoms with Crippen molar-refractivity contribution in [2.45, 2.75) is 84.1 Å². The van der Waals surface area contributed by atoms with E-state index in [1.165, 1.54) is 5.56 Å². The first-order valence-electron chi connectivity index (χ1n) is 12.3. The molecule has 1 N–H and O–H groups in total. The van der Waals surface area contributed by atoms with E-state index in [1.807, 2.05) is 30.3 Å². The average molecular weight is 494 g/mol. The van der Waals surface area contributed by atoms with Crippen molar-refractivity contribution in [1.29, 1.82) is 0 Å². The summed E-state index contributed by atoms with van der Waals surface area (Å²) in [7, 11) is -1.66. The van der Waals surface area contributed by atoms with Crippen molar-refractivity contribution in [3.63, 3.8) is 0 Å². The quantitative estimate of drug-likeness (QED) is 0.296. The fourth-order valence-electron chi connectivity index (χ4n) is 3.85. The van der Waals surface area contributed by atoms with Gasteiger partial charge in [0, 0.05) is 0 Å². The molecule has 0 saturated carbocycles. The number of allylic oxidation sites excluding steroid dienone is 1. The minimum atomic E-state index is -1.66. The van der Waals surface area contributed by atoms with E-state index >= 15 is 0 Å². The van der Waals surface area contributed by atoms with Gasteiger partial charge in [0.2, 0.25) is 0 Å². The molecule has 0 bridgehead atoms. The van der Waals surface area contributed by atoms with Crippen molar-refractivity contribution in [2.24, 2.45) is 0 Å². The zero-order valence-electron chi connectivity index (χ0n) is 22.3. The molecule has 0 amide bonds. The lowest BCUT2D eigenvalue weighted by Crippen LogP contribution is -2.40. The van der Waals surface area contributed by atoms with Gasteiger partial charge in [0.1, 0.15) is 17.0 Å². The molecule has 188 valence electrons. The number of esters is 1. The number of carbonyl (C=O) groups excluding carboxylic acids is 1. The zero-order chi connectivity index (χ0) is 26.1. The van der Waals surface area contributed by atoms with Crippen LogP contribution in [0.3, 0.4) is 0 Å². The van der Waals surface area contributed by atoms with Gasteiger partial charge in [-0.05, 0) is 65.5 Å². The number of carbonyl (C=O) groups is 1. The Bertz CT molecular complexity index is 1090. The Hall–Kier alpha value is -2.68. The Balaban J connectivity index is 2.68. The van der Waals surface area contributed by atoms with Crippen molar-refractivity contribution in [3.05, 3.63) is 70.8 Å². The summed E-state index contributed by atoms with van der Waals surface area (Å²) in [5, 5.41) is 0. The molecule has 0 spiro atoms. The van der Waals surface area contributed by atoms with E-state index in [1.54, 1.807) is 19.9 Å². The van der Waals surface area contributed by atoms with Crippen molar-refractivity contribution < 1.29 is 13.7 Å². The summed E-state index contributed by atoms with van der Waals surface area (Å²) >= 11 is 0. The van der Waals surface area contributed by atoms with Gasteiger partial charge >= 0.3 is 5.97 Å². The summed E-state index contributed by atoms with van der Waals surface area (Å²) in [4.78, 5) is 13.9. The highest BCUT2D eigenvalue weighted by molar-refractivity contribution is 7.83. The molecule has 2 aromatic rings. The molecule has 0 heterocycles. The molecule has 2 aromatic carbocycles. The highest BCUT2D eigenvalue weighted by Crippen LogP contribution is 2.34. The summed E-state index contributed by atoms with van der Waals surface area (Å²) in [5.74, 6) is 6.03. The average Bonchev–Trinajstić information content (AvgIpc) is 2.83. The first-order valence-corrected chi connectivity index (χ1v) is 13.5. The van der Waals surface area contributed by atoms with Crippen LogP contribution in [-0.4, -0.2) is 22.8 Å². The molecule has 2 atom stereocenters. The molecule has 1 unspecified atom stereocenters. The van der Waals surface area contributed by atoms with E-state index in [-0.39, 0.29) is 18.4 Å². The van der Waals surface area contributed by atoms with Crippen LogP contribution in [-0.2, 0) is 20.5 Å². The maximum atomic E-state index is 14.0. The fraction of sp³-hybridized carbons (Fsp3) is 0.433. The van der Waals surface area contributed by atoms with Gasteiger partial charge in [0.05, 0.1) is 11.5 Å². The Morgan fingerprint density at radius 3 is 2.03 bits per heavy atom. The summed E-state index contributed by atoms with van der Waals surface area (Å²) in [6, 6.07) is 12.9. The van der Waals surface area contributed by atoms with Crippen LogP contribution < -0.4 is 4.72 Å². The topological polar surface area (TPSA) is 55.4 Å². The maximum absolute atomic E-state index is 14.0. The van der Waals surface area contributed by atoms with E-state index in [4.69, 9.17) is 4.74 Å². The molecule has 4 nitrogen and oxygen atoms in total. The summed E-state index contributed by atoms with van der Waals surface area (Å²) in [6.07, 6.45) is 1.70. The fourth-order valence-corrected chi connectivity index (χ4v) is 5.42. The van der Waals surface area contributed by atoms with Gasteiger partial charge in [0.15, 0.2) is 0 Å². The normalized spacial score (nSPS) is 13.5. The predicted octanol–water partition coefficient (Wildman–Crippen LogP) is 6.71. The number of hydrogen-bond donors (Lipinski definition) is 1. The van der Waals surface area contributed by atoms with E-state index in [9.17, 15) is 9.00 Å². The first-order chi connectivity index (χ1) is 16.6. The number of hydrogen-bond acceptors (Lipinski definition) is 3. The van der Waals surface area contributed by atoms with Crippen LogP contribution in [0.2, 0.25) is 0 Å². The van der Waals surface area contributed by atoms with Crippen LogP contribution in [0.15, 0.2) is 53.4 Å². The van der Waals surface area contributed by atoms with E-state index in [0.29, 0.717) is 11.5 Å². The van der Waals surface area contributed by atoms with Gasteiger partial charge in [-0.3, -0.25) is 0 Å². The molecule has 0 radical (unpaired) electrons. The third-order valence-electron chi connectivity index (χ3n) is 5.80. The second-order valence-corrected chi connectivity index (χ2v) is 10.6. The minimum Gasteiger partial charge on any atom is -0.465 e. The van der Waals surface area contributed by atoms with Gasteiger partial charge in [-0.15, -0.1) is 5.92 Å². The molecule has 5 heteroatoms. The zero-order valence-corrected chi connectivity index (χ0v) is 23.1. The van der Waals surface area contributed by atoms with Crippen LogP contribution >= 0.6 is 0 Å². The van der Waals surface area contributed by atoms with Crippen molar-refractivity contribution in [2.75, 3.05) is 6.61 Å². The molecule has 0 aromatic heterocycles. The number of benzene rings is 2. The van der Waals surface area contributed by atoms with Crippen LogP contribution in [0.1, 0.15) is 95.4 Å². The van der Waals surface area contributed by atoms with Crippen LogP contribution in [0, 0.1) is 11.8 Å². The second kappa shape index (κ2) is 13.4. The van der Waals surface area contributed by atoms with E-state index < -0.39 is 23.0 Å². The second-order valence-electron chi connectivity index (χ2n) is 9.42. The standard InChI is InChI=1S/C30H39NO3S/c1-9-11-17-25(23-15-13-12-14-16-23)28(30(32)34-10-2)31-35(33)29-26(21(5)6)18-24(20(3)4)19-27(29)22(7)8/h12-22,28,31H,10H2,1-8H3/b25-17+/t28-,35?/m1/s1. The first kappa shape index (κ1) is 28.6. The molecule has 0 fully saturated rings. The largest absolute Gasteiger partial charge is 0.465 e. The molecular weight excluding hydrogens is 454 g/mol. The predicted molar refractivity (Wildman–Crippen MR) is 147 cm³/mol. The van der Waals surface area contributed by atoms with Crippen molar-refractivity contribution in [1.82, 2.24) is 4.72 Å². The van der Waals surface area contributed by atoms with Crippen molar-refractivity contribution in [3.8, 4) is 11.8 Å². The van der Waals surface area contributed by atoms with Gasteiger partial charge in [-0.2, -0.15) is 0 Å². The number of ether oxygens (including phenoxy) is 1. The SMILES string of the molecule is CC#C/C=C(\c1ccccc1)[C@@H](NS(=O)c1c(C(C)C)cc(C(C)C)cc1C(C)C)C(=O)OCC. The Labute approximate surface area is 214 Å². The number of rotatable bonds is 10. The third-order valence-corrected chi connectivity index (χ3v) is 7.09. The highest BCUT2D eigenvalue weighted by Gasteiger charge is 2.30. The van der Waals surface area contributed by atoms with Gasteiger partial charge in [0.25, 0.3) is 0 Å². The van der Waals surface area contributed by atoms with Crippen LogP contribution in [0.25, 0.3) is 5.57 Å². The summed E-state index contributed by atoms with van der Waals surface area (Å²) in [5.41, 5.74) is 4.74. The lowest BCUT2D eigenvalue weighted by molar-refractivity contribution is -0.143. The lowest BCUT2D eigenvalue weighted by atomic mass is 9.89. The molecular formula is C30H39NO3S. The lowest BCUT2D eigenvalue weighted by Gasteiger charge is -2.25. The summed E-state index contributed by atoms with van der Waals surface area (Å²) < 4.78 is 22.6. The maximum Gasteiger partial charge on any atom is 0.328 e. The van der Waals surface area contributed by atoms with E-state index in [0.717, 1.165) is 21.6 Å². The minimum absolute atomic E-state index is 0.170. The number of nitrogens with one attached hydrogen (secondary N) is 1. The summed E-state index contributed by atoms with van der Waals surface area (Å²) in [6.45, 7) is 16.5. The highest BCUT2D eigenvalue weighted by atomic mass is 32.2. The van der Waals surface area contributed by atoms with E-state index in [2.05, 4.69) is 70.2 Å². The Morgan fingerprint density at radius 2 is 1.57 bits per heavy atom. The molecule has 0 saturated heterocycles. The Morgan fingerprint density at radius 1 is 1.00 bits per heavy atom. The van der Waals surface area contributed by atoms with Gasteiger partial charge in [-0.25, -0.2) is 13.7 Å². The van der Waals surface area contributed by atoms with Gasteiger partial charge in [-0.1, -0.05) is 89.9 Å². The van der Waals surface area contributed by atoms with Crippen LogP contribution in [0.5, 0.6) is 0 Å². The Kier molecular flexibility index (Phi) is 10.9. The monoisotopic (exact) mass is 493 g/mol. The smallest absolute Gasteiger partial charge is 0.328 e. The molecule has 0 aliphatic carbocycles. The molecule has 2 rings (SSSR count). The molecule has 0 aliphatic heterocycles. The molecule has 0 aliphatic rings.